The van der Waals surface area contributed by atoms with E-state index in [-0.39, 0.29) is 51.8 Å². The van der Waals surface area contributed by atoms with E-state index < -0.39 is 28.3 Å². The number of carbonyl (C=O) groups excluding carboxylic acids is 1. The molecule has 10 heteroatoms. The Kier molecular flexibility index (Phi) is 9.37. The van der Waals surface area contributed by atoms with Crippen LogP contribution in [-0.2, 0) is 14.3 Å². The average Bonchev–Trinajstić information content (AvgIpc) is 3.54. The van der Waals surface area contributed by atoms with Gasteiger partial charge in [-0.2, -0.15) is 4.80 Å². The number of aromatic nitrogens is 4. The van der Waals surface area contributed by atoms with E-state index >= 15 is 0 Å². The Bertz CT molecular complexity index is 1530. The molecule has 3 fully saturated rings. The molecule has 4 aliphatic carbocycles. The fraction of sp³-hybridized carbons (Fsp3) is 0.875. The van der Waals surface area contributed by atoms with E-state index in [1.54, 1.807) is 4.80 Å². The highest BCUT2D eigenvalue weighted by Crippen LogP contribution is 2.75. The molecule has 50 heavy (non-hydrogen) atoms. The molecule has 0 unspecified atom stereocenters. The number of rotatable bonds is 10. The largest absolute Gasteiger partial charge is 0.481 e. The van der Waals surface area contributed by atoms with Gasteiger partial charge in [-0.3, -0.25) is 9.59 Å². The van der Waals surface area contributed by atoms with Crippen LogP contribution in [0.15, 0.2) is 11.1 Å². The third kappa shape index (κ3) is 5.22. The van der Waals surface area contributed by atoms with Crippen molar-refractivity contribution in [1.29, 1.82) is 0 Å². The van der Waals surface area contributed by atoms with E-state index in [1.165, 1.54) is 11.1 Å². The molecule has 1 aromatic heterocycles. The Morgan fingerprint density at radius 3 is 2.38 bits per heavy atom. The van der Waals surface area contributed by atoms with Gasteiger partial charge in [-0.1, -0.05) is 80.4 Å². The molecule has 5 aliphatic rings. The van der Waals surface area contributed by atoms with Gasteiger partial charge in [-0.25, -0.2) is 0 Å². The molecule has 0 spiro atoms. The molecule has 0 amide bonds. The third-order valence-corrected chi connectivity index (χ3v) is 16.1. The highest BCUT2D eigenvalue weighted by molar-refractivity contribution is 5.91. The van der Waals surface area contributed by atoms with Crippen molar-refractivity contribution in [3.05, 3.63) is 17.0 Å². The summed E-state index contributed by atoms with van der Waals surface area (Å²) in [5, 5.41) is 24.6. The van der Waals surface area contributed by atoms with Crippen molar-refractivity contribution < 1.29 is 24.2 Å². The van der Waals surface area contributed by atoms with Gasteiger partial charge in [0.2, 0.25) is 11.6 Å². The molecular weight excluding hydrogens is 630 g/mol. The molecule has 2 bridgehead atoms. The Labute approximate surface area is 300 Å². The van der Waals surface area contributed by atoms with Crippen molar-refractivity contribution in [3.8, 4) is 0 Å². The van der Waals surface area contributed by atoms with Crippen LogP contribution >= 0.6 is 0 Å². The van der Waals surface area contributed by atoms with Gasteiger partial charge in [-0.05, 0) is 102 Å². The summed E-state index contributed by atoms with van der Waals surface area (Å²) >= 11 is 0. The van der Waals surface area contributed by atoms with E-state index in [9.17, 15) is 14.7 Å². The summed E-state index contributed by atoms with van der Waals surface area (Å²) < 4.78 is 13.9. The van der Waals surface area contributed by atoms with E-state index in [2.05, 4.69) is 79.5 Å². The predicted molar refractivity (Wildman–Crippen MR) is 192 cm³/mol. The molecule has 1 aromatic rings. The number of fused-ring (bicyclic) bond motifs is 2. The molecule has 0 aromatic carbocycles. The van der Waals surface area contributed by atoms with Crippen LogP contribution in [0.3, 0.4) is 0 Å². The second-order valence-corrected chi connectivity index (χ2v) is 19.2. The Morgan fingerprint density at radius 2 is 1.76 bits per heavy atom. The number of carbonyl (C=O) groups is 2. The predicted octanol–water partition coefficient (Wildman–Crippen LogP) is 7.30. The number of carboxylic acid groups (broad SMARTS) is 1. The fourth-order valence-electron chi connectivity index (χ4n) is 12.1. The summed E-state index contributed by atoms with van der Waals surface area (Å²) in [6.45, 7) is 25.7. The minimum Gasteiger partial charge on any atom is -0.481 e. The molecule has 11 atom stereocenters. The van der Waals surface area contributed by atoms with Gasteiger partial charge in [0.25, 0.3) is 0 Å². The van der Waals surface area contributed by atoms with Gasteiger partial charge in [0.05, 0.1) is 31.8 Å². The van der Waals surface area contributed by atoms with Crippen LogP contribution in [0.2, 0.25) is 0 Å². The van der Waals surface area contributed by atoms with Crippen molar-refractivity contribution in [1.82, 2.24) is 20.2 Å². The summed E-state index contributed by atoms with van der Waals surface area (Å²) in [5.41, 5.74) is 7.58. The third-order valence-electron chi connectivity index (χ3n) is 16.1. The van der Waals surface area contributed by atoms with Crippen molar-refractivity contribution in [2.45, 2.75) is 145 Å². The van der Waals surface area contributed by atoms with Gasteiger partial charge < -0.3 is 20.3 Å². The van der Waals surface area contributed by atoms with Gasteiger partial charge in [-0.15, -0.1) is 10.2 Å². The number of hydrogen-bond acceptors (Lipinski definition) is 8. The first-order valence-corrected chi connectivity index (χ1v) is 19.5. The first-order valence-electron chi connectivity index (χ1n) is 19.5. The molecule has 1 aliphatic heterocycles. The normalized spacial score (nSPS) is 41.6. The van der Waals surface area contributed by atoms with Crippen LogP contribution in [-0.4, -0.2) is 68.5 Å². The Balaban J connectivity index is 1.53. The van der Waals surface area contributed by atoms with E-state index in [4.69, 9.17) is 20.3 Å². The van der Waals surface area contributed by atoms with Crippen molar-refractivity contribution >= 4 is 11.8 Å². The highest BCUT2D eigenvalue weighted by atomic mass is 16.5. The zero-order valence-corrected chi connectivity index (χ0v) is 32.8. The minimum atomic E-state index is -0.651. The van der Waals surface area contributed by atoms with Gasteiger partial charge in [0, 0.05) is 17.4 Å². The van der Waals surface area contributed by atoms with Crippen molar-refractivity contribution in [2.24, 2.45) is 62.4 Å². The van der Waals surface area contributed by atoms with Crippen molar-refractivity contribution in [3.63, 3.8) is 0 Å². The number of allylic oxidation sites excluding steroid dienone is 1. The lowest BCUT2D eigenvalue weighted by Gasteiger charge is -2.70. The first-order chi connectivity index (χ1) is 23.2. The van der Waals surface area contributed by atoms with E-state index in [0.717, 1.165) is 44.9 Å². The second-order valence-electron chi connectivity index (χ2n) is 19.2. The number of carboxylic acids is 1. The molecular formula is C40H65N5O5. The molecule has 280 valence electrons. The second kappa shape index (κ2) is 12.5. The summed E-state index contributed by atoms with van der Waals surface area (Å²) in [6, 6.07) is -0.268. The average molecular weight is 696 g/mol. The molecule has 1 saturated heterocycles. The van der Waals surface area contributed by atoms with Crippen molar-refractivity contribution in [2.75, 3.05) is 19.8 Å². The van der Waals surface area contributed by atoms with Gasteiger partial charge in [0.1, 0.15) is 6.04 Å². The number of aliphatic carboxylic acids is 1. The minimum absolute atomic E-state index is 0.129. The molecule has 10 nitrogen and oxygen atoms in total. The Hall–Kier alpha value is -2.17. The lowest BCUT2D eigenvalue weighted by molar-refractivity contribution is -0.242. The van der Waals surface area contributed by atoms with Crippen LogP contribution in [0.4, 0.5) is 0 Å². The zero-order chi connectivity index (χ0) is 36.8. The summed E-state index contributed by atoms with van der Waals surface area (Å²) in [6.07, 6.45) is 6.15. The molecule has 3 N–H and O–H groups in total. The SMILES string of the molecule is CCC(=O)c1nnn([C@@H]2C[C@]3(C)COC[C@@]4(C5=C(CC[C@H]34)[C@]3(C)CC[C@](C)([C@H](C)C(C)C)[C@@H](C(=O)O)[C@]3(C)CC5)[C@H]2OC[C@](C)(N)C(C)C)n1. The standard InChI is InChI=1S/C40H65N5O5/c1-12-29(46)33-42-44-45(43-33)28-19-35(7)20-49-22-40(32(28)50-21-39(11,41)24(4)5)27-15-16-38(10)31(34(47)48)36(8,25(6)23(2)3)17-18-37(38,9)26(27)13-14-30(35)40/h23-25,28,30-32H,12-22,41H2,1-11H3,(H,47,48)/t25-,28-,30-,31-,32+,35-,36-,37+,38+,39+,40+/m1/s1. The number of tetrazole rings is 1. The lowest BCUT2D eigenvalue weighted by atomic mass is 9.36. The van der Waals surface area contributed by atoms with E-state index in [1.807, 2.05) is 6.92 Å². The number of nitrogens with two attached hydrogens (primary N) is 1. The summed E-state index contributed by atoms with van der Waals surface area (Å²) in [7, 11) is 0. The maximum atomic E-state index is 13.5. The van der Waals surface area contributed by atoms with E-state index in [0.29, 0.717) is 38.1 Å². The highest BCUT2D eigenvalue weighted by Gasteiger charge is 2.71. The number of nitrogens with zero attached hydrogens (tertiary/aromatic N) is 4. The molecule has 2 heterocycles. The number of hydrogen-bond donors (Lipinski definition) is 2. The number of Topliss-reactive ketones (excluding diaryl/α,β-unsaturated/α-hetero) is 1. The summed E-state index contributed by atoms with van der Waals surface area (Å²) in [5.74, 6) is 0.0979. The van der Waals surface area contributed by atoms with Crippen LogP contribution in [0.25, 0.3) is 0 Å². The molecule has 6 rings (SSSR count). The first kappa shape index (κ1) is 37.6. The topological polar surface area (TPSA) is 142 Å². The summed E-state index contributed by atoms with van der Waals surface area (Å²) in [4.78, 5) is 27.9. The lowest BCUT2D eigenvalue weighted by Crippen LogP contribution is -2.68. The maximum absolute atomic E-state index is 13.5. The van der Waals surface area contributed by atoms with Crippen LogP contribution in [0, 0.1) is 56.7 Å². The van der Waals surface area contributed by atoms with Crippen LogP contribution < -0.4 is 5.73 Å². The monoisotopic (exact) mass is 695 g/mol. The smallest absolute Gasteiger partial charge is 0.307 e. The van der Waals surface area contributed by atoms with Crippen LogP contribution in [0.5, 0.6) is 0 Å². The number of ketones is 1. The Morgan fingerprint density at radius 1 is 1.06 bits per heavy atom. The molecule has 2 saturated carbocycles. The number of ether oxygens (including phenoxy) is 2. The van der Waals surface area contributed by atoms with Gasteiger partial charge in [0.15, 0.2) is 0 Å². The van der Waals surface area contributed by atoms with Gasteiger partial charge >= 0.3 is 5.97 Å². The fourth-order valence-corrected chi connectivity index (χ4v) is 12.1. The molecule has 0 radical (unpaired) electrons. The zero-order valence-electron chi connectivity index (χ0n) is 32.8. The maximum Gasteiger partial charge on any atom is 0.307 e. The quantitative estimate of drug-likeness (QED) is 0.190. The van der Waals surface area contributed by atoms with Crippen LogP contribution in [0.1, 0.15) is 144 Å².